The van der Waals surface area contributed by atoms with Crippen LogP contribution < -0.4 is 9.64 Å². The number of aromatic nitrogens is 2. The van der Waals surface area contributed by atoms with E-state index in [-0.39, 0.29) is 58.8 Å². The van der Waals surface area contributed by atoms with Crippen LogP contribution in [0.15, 0.2) is 10.5 Å². The number of alkyl halides is 2. The number of hydrogen-bond donors (Lipinski definition) is 0. The van der Waals surface area contributed by atoms with Crippen LogP contribution in [-0.2, 0) is 4.74 Å². The fourth-order valence-electron chi connectivity index (χ4n) is 5.60. The lowest BCUT2D eigenvalue weighted by Crippen LogP contribution is -2.43. The van der Waals surface area contributed by atoms with Gasteiger partial charge in [-0.1, -0.05) is 0 Å². The van der Waals surface area contributed by atoms with Gasteiger partial charge in [0.25, 0.3) is 0 Å². The molecule has 0 amide bonds. The number of anilines is 1. The van der Waals surface area contributed by atoms with Gasteiger partial charge < -0.3 is 14.4 Å². The van der Waals surface area contributed by atoms with E-state index in [1.807, 2.05) is 6.07 Å². The number of nitrogens with zero attached hydrogens (tertiary/aromatic N) is 5. The maximum absolute atomic E-state index is 15.4. The summed E-state index contributed by atoms with van der Waals surface area (Å²) in [5.41, 5.74) is -1.36. The number of fused-ring (bicyclic) bond motifs is 3. The molecule has 4 heterocycles. The molecule has 6 rings (SSSR count). The van der Waals surface area contributed by atoms with Gasteiger partial charge in [0.2, 0.25) is 0 Å². The number of rotatable bonds is 4. The summed E-state index contributed by atoms with van der Waals surface area (Å²) in [6, 6.07) is 2.38. The monoisotopic (exact) mass is 539 g/mol. The highest BCUT2D eigenvalue weighted by atomic mass is 79.9. The van der Waals surface area contributed by atoms with Crippen LogP contribution in [0.25, 0.3) is 10.9 Å². The zero-order valence-corrected chi connectivity index (χ0v) is 19.7. The third kappa shape index (κ3) is 3.45. The average molecular weight is 540 g/mol. The molecule has 4 aliphatic rings. The van der Waals surface area contributed by atoms with Gasteiger partial charge in [0, 0.05) is 30.8 Å². The summed E-state index contributed by atoms with van der Waals surface area (Å²) in [5, 5.41) is 9.68. The van der Waals surface area contributed by atoms with Gasteiger partial charge in [-0.2, -0.15) is 15.2 Å². The predicted molar refractivity (Wildman–Crippen MR) is 121 cm³/mol. The molecule has 3 saturated heterocycles. The first-order chi connectivity index (χ1) is 17.2. The van der Waals surface area contributed by atoms with E-state index in [1.165, 1.54) is 6.07 Å². The number of halogens is 4. The van der Waals surface area contributed by atoms with Crippen molar-refractivity contribution in [2.24, 2.45) is 5.92 Å². The zero-order valence-electron chi connectivity index (χ0n) is 20.1. The van der Waals surface area contributed by atoms with Gasteiger partial charge in [-0.15, -0.1) is 0 Å². The number of ether oxygens (including phenoxy) is 2. The number of benzene rings is 1. The van der Waals surface area contributed by atoms with E-state index in [4.69, 9.17) is 12.2 Å². The summed E-state index contributed by atoms with van der Waals surface area (Å²) >= 11 is 3.09. The lowest BCUT2D eigenvalue weighted by Gasteiger charge is -2.31. The molecule has 0 unspecified atom stereocenters. The van der Waals surface area contributed by atoms with Crippen molar-refractivity contribution < 1.29 is 25.4 Å². The quantitative estimate of drug-likeness (QED) is 0.588. The van der Waals surface area contributed by atoms with E-state index in [0.29, 0.717) is 26.0 Å². The number of hydrogen-bond acceptors (Lipinski definition) is 7. The van der Waals surface area contributed by atoms with Gasteiger partial charge in [0.05, 0.1) is 37.6 Å². The first kappa shape index (κ1) is 20.1. The van der Waals surface area contributed by atoms with Crippen molar-refractivity contribution in [1.29, 1.82) is 5.26 Å². The molecule has 4 fully saturated rings. The first-order valence-corrected chi connectivity index (χ1v) is 12.1. The summed E-state index contributed by atoms with van der Waals surface area (Å²) in [7, 11) is 0. The summed E-state index contributed by atoms with van der Waals surface area (Å²) < 4.78 is 73.1. The van der Waals surface area contributed by atoms with Crippen LogP contribution in [0.2, 0.25) is 0 Å². The minimum absolute atomic E-state index is 0.0181. The highest BCUT2D eigenvalue weighted by molar-refractivity contribution is 9.10. The fraction of sp³-hybridized carbons (Fsp3) is 0.609. The molecule has 5 atom stereocenters. The Balaban J connectivity index is 1.48. The van der Waals surface area contributed by atoms with E-state index in [1.54, 1.807) is 9.80 Å². The van der Waals surface area contributed by atoms with Crippen LogP contribution in [0.5, 0.6) is 6.01 Å². The van der Waals surface area contributed by atoms with Crippen molar-refractivity contribution in [2.75, 3.05) is 44.3 Å². The molecule has 34 heavy (non-hydrogen) atoms. The maximum Gasteiger partial charge on any atom is 0.319 e. The van der Waals surface area contributed by atoms with Gasteiger partial charge in [-0.05, 0) is 41.4 Å². The van der Waals surface area contributed by atoms with E-state index >= 15 is 4.39 Å². The molecule has 7 nitrogen and oxygen atoms in total. The fourth-order valence-corrected chi connectivity index (χ4v) is 5.99. The van der Waals surface area contributed by atoms with Crippen LogP contribution in [-0.4, -0.2) is 78.2 Å². The molecule has 0 spiro atoms. The summed E-state index contributed by atoms with van der Waals surface area (Å²) in [6.45, 7) is -0.880. The molecule has 180 valence electrons. The lowest BCUT2D eigenvalue weighted by molar-refractivity contribution is 0.107. The van der Waals surface area contributed by atoms with Crippen LogP contribution in [0.1, 0.15) is 27.6 Å². The first-order valence-electron chi connectivity index (χ1n) is 12.3. The van der Waals surface area contributed by atoms with Crippen molar-refractivity contribution in [3.8, 4) is 12.1 Å². The van der Waals surface area contributed by atoms with Crippen LogP contribution in [0.3, 0.4) is 0 Å². The van der Waals surface area contributed by atoms with E-state index in [2.05, 4.69) is 25.9 Å². The molecular weight excluding hydrogens is 515 g/mol. The van der Waals surface area contributed by atoms with Crippen molar-refractivity contribution in [3.05, 3.63) is 21.9 Å². The van der Waals surface area contributed by atoms with Gasteiger partial charge >= 0.3 is 6.01 Å². The predicted octanol–water partition coefficient (Wildman–Crippen LogP) is 3.53. The Morgan fingerprint density at radius 2 is 2.24 bits per heavy atom. The molecular formula is C23H23BrF3N5O2. The minimum Gasteiger partial charge on any atom is -0.461 e. The van der Waals surface area contributed by atoms with Crippen molar-refractivity contribution in [2.45, 2.75) is 43.2 Å². The molecule has 11 heteroatoms. The van der Waals surface area contributed by atoms with Crippen molar-refractivity contribution in [1.82, 2.24) is 14.9 Å². The normalized spacial score (nSPS) is 34.1. The van der Waals surface area contributed by atoms with Crippen LogP contribution >= 0.6 is 15.9 Å². The molecule has 1 aliphatic carbocycles. The second-order valence-electron chi connectivity index (χ2n) is 9.34. The third-order valence-electron chi connectivity index (χ3n) is 7.34. The van der Waals surface area contributed by atoms with Gasteiger partial charge in [-0.25, -0.2) is 13.2 Å². The topological polar surface area (TPSA) is 74.5 Å². The molecule has 1 aromatic heterocycles. The molecule has 0 radical (unpaired) electrons. The van der Waals surface area contributed by atoms with Gasteiger partial charge in [0.15, 0.2) is 5.82 Å². The molecule has 3 aliphatic heterocycles. The average Bonchev–Trinajstić information content (AvgIpc) is 3.19. The van der Waals surface area contributed by atoms with Crippen molar-refractivity contribution >= 4 is 32.7 Å². The minimum atomic E-state index is -2.37. The van der Waals surface area contributed by atoms with Crippen molar-refractivity contribution in [3.63, 3.8) is 0 Å². The Bertz CT molecular complexity index is 1280. The van der Waals surface area contributed by atoms with E-state index < -0.39 is 42.3 Å². The molecule has 2 aromatic rings. The van der Waals surface area contributed by atoms with Gasteiger partial charge in [-0.3, -0.25) is 4.90 Å². The van der Waals surface area contributed by atoms with Crippen LogP contribution in [0.4, 0.5) is 19.0 Å². The Hall–Kier alpha value is -2.16. The summed E-state index contributed by atoms with van der Waals surface area (Å²) in [5.74, 6) is -1.06. The molecule has 1 saturated carbocycles. The van der Waals surface area contributed by atoms with E-state index in [0.717, 1.165) is 0 Å². The highest BCUT2D eigenvalue weighted by Gasteiger charge is 2.56. The van der Waals surface area contributed by atoms with Gasteiger partial charge in [0.1, 0.15) is 36.3 Å². The third-order valence-corrected chi connectivity index (χ3v) is 8.11. The Labute approximate surface area is 205 Å². The number of nitriles is 1. The summed E-state index contributed by atoms with van der Waals surface area (Å²) in [6.07, 6.45) is -1.26. The van der Waals surface area contributed by atoms with E-state index in [9.17, 15) is 14.0 Å². The maximum atomic E-state index is 15.4. The smallest absolute Gasteiger partial charge is 0.319 e. The Kier molecular flexibility index (Phi) is 4.85. The zero-order chi connectivity index (χ0) is 25.4. The Morgan fingerprint density at radius 1 is 1.38 bits per heavy atom. The summed E-state index contributed by atoms with van der Waals surface area (Å²) in [4.78, 5) is 12.1. The molecule has 1 aromatic carbocycles. The molecule has 0 N–H and O–H groups in total. The highest BCUT2D eigenvalue weighted by Crippen LogP contribution is 2.45. The second kappa shape index (κ2) is 8.21. The lowest BCUT2D eigenvalue weighted by atomic mass is 9.95. The second-order valence-corrected chi connectivity index (χ2v) is 10.1. The Morgan fingerprint density at radius 3 is 3.06 bits per heavy atom. The SMILES string of the molecule is [2H]C([2H])(Oc1nc(N2CCOC[C@H]3[C@H](F)[C@H]32)c2cc(C#N)c(Br)c(F)c2n1)[C@@]12CCCN1C[C@H](F)C2. The standard InChI is InChI=1S/C23H23BrF3N5O2/c24-16-12(8-28)6-14-19(18(16)27)29-22(34-11-23-2-1-3-31(23)9-13(25)7-23)30-21(14)32-4-5-33-10-15-17(26)20(15)32/h6,13,15,17,20H,1-5,7,9-11H2/t13-,15+,17+,20+,23+/m1/s1/i11D2. The van der Waals surface area contributed by atoms with Crippen LogP contribution in [0, 0.1) is 23.1 Å². The molecule has 0 bridgehead atoms. The largest absolute Gasteiger partial charge is 0.461 e.